The van der Waals surface area contributed by atoms with Gasteiger partial charge in [0, 0.05) is 40.2 Å². The van der Waals surface area contributed by atoms with Gasteiger partial charge in [0.05, 0.1) is 17.1 Å². The molecule has 0 aliphatic heterocycles. The third kappa shape index (κ3) is 8.84. The van der Waals surface area contributed by atoms with E-state index in [4.69, 9.17) is 15.0 Å². The molecule has 0 unspecified atom stereocenters. The third-order valence-electron chi connectivity index (χ3n) is 14.6. The second-order valence-electron chi connectivity index (χ2n) is 20.2. The fraction of sp³-hybridized carbons (Fsp3) is 0.116. The molecule has 3 nitrogen and oxygen atoms in total. The molecule has 0 saturated heterocycles. The van der Waals surface area contributed by atoms with Gasteiger partial charge in [-0.3, -0.25) is 15.0 Å². The highest BCUT2D eigenvalue weighted by molar-refractivity contribution is 5.97. The van der Waals surface area contributed by atoms with Crippen LogP contribution in [0.4, 0.5) is 0 Å². The molecule has 11 aromatic rings. The van der Waals surface area contributed by atoms with E-state index in [1.807, 2.05) is 12.4 Å². The molecule has 0 spiro atoms. The van der Waals surface area contributed by atoms with Gasteiger partial charge in [-0.2, -0.15) is 0 Å². The highest BCUT2D eigenvalue weighted by Crippen LogP contribution is 2.43. The van der Waals surface area contributed by atoms with Gasteiger partial charge in [0.15, 0.2) is 0 Å². The largest absolute Gasteiger partial charge is 0.256 e. The summed E-state index contributed by atoms with van der Waals surface area (Å²) in [7, 11) is 0. The number of benzene rings is 8. The molecule has 0 atom stereocenters. The summed E-state index contributed by atoms with van der Waals surface area (Å²) in [5.74, 6) is 0. The van der Waals surface area contributed by atoms with Gasteiger partial charge in [-0.25, -0.2) is 0 Å². The molecular formula is C69H55N3. The molecule has 0 saturated carbocycles. The van der Waals surface area contributed by atoms with E-state index in [0.29, 0.717) is 0 Å². The SMILES string of the molecule is CC(C)(C)c1ccnc(-c2ccc(-c3ccccc3-c3cc(-c4ccccc4-c4ccc(-c5ccc6c(n5)CCCC6)cc4)cc(-c4ccccc4-c4ccc(-c5nccc6ccccc56)cc4)c3)cc2)c1. The van der Waals surface area contributed by atoms with Gasteiger partial charge in [0.1, 0.15) is 0 Å². The molecule has 3 aromatic heterocycles. The summed E-state index contributed by atoms with van der Waals surface area (Å²) in [6, 6.07) is 79.9. The van der Waals surface area contributed by atoms with Crippen LogP contribution >= 0.6 is 0 Å². The summed E-state index contributed by atoms with van der Waals surface area (Å²) in [4.78, 5) is 14.8. The number of aryl methyl sites for hydroxylation is 2. The lowest BCUT2D eigenvalue weighted by Gasteiger charge is -2.19. The summed E-state index contributed by atoms with van der Waals surface area (Å²) >= 11 is 0. The molecule has 3 heteroatoms. The van der Waals surface area contributed by atoms with E-state index in [9.17, 15) is 0 Å². The second kappa shape index (κ2) is 19.0. The Kier molecular flexibility index (Phi) is 11.8. The van der Waals surface area contributed by atoms with Crippen molar-refractivity contribution in [3.63, 3.8) is 0 Å². The second-order valence-corrected chi connectivity index (χ2v) is 20.2. The molecule has 1 aliphatic carbocycles. The molecule has 0 N–H and O–H groups in total. The Morgan fingerprint density at radius 3 is 1.33 bits per heavy atom. The maximum atomic E-state index is 5.14. The molecule has 1 aliphatic rings. The van der Waals surface area contributed by atoms with Crippen molar-refractivity contribution in [3.8, 4) is 101 Å². The van der Waals surface area contributed by atoms with E-state index in [1.165, 1.54) is 74.0 Å². The predicted molar refractivity (Wildman–Crippen MR) is 302 cm³/mol. The van der Waals surface area contributed by atoms with Gasteiger partial charge >= 0.3 is 0 Å². The minimum Gasteiger partial charge on any atom is -0.256 e. The Labute approximate surface area is 423 Å². The van der Waals surface area contributed by atoms with Crippen LogP contribution in [0.2, 0.25) is 0 Å². The van der Waals surface area contributed by atoms with Gasteiger partial charge in [-0.15, -0.1) is 0 Å². The maximum Gasteiger partial charge on any atom is 0.0780 e. The third-order valence-corrected chi connectivity index (χ3v) is 14.6. The molecule has 0 amide bonds. The zero-order chi connectivity index (χ0) is 48.6. The smallest absolute Gasteiger partial charge is 0.0780 e. The van der Waals surface area contributed by atoms with Gasteiger partial charge in [-0.1, -0.05) is 197 Å². The average molecular weight is 926 g/mol. The lowest BCUT2D eigenvalue weighted by Crippen LogP contribution is -2.11. The number of fused-ring (bicyclic) bond motifs is 2. The van der Waals surface area contributed by atoms with E-state index in [-0.39, 0.29) is 5.41 Å². The Morgan fingerprint density at radius 2 is 0.792 bits per heavy atom. The fourth-order valence-corrected chi connectivity index (χ4v) is 10.7. The monoisotopic (exact) mass is 925 g/mol. The first-order valence-electron chi connectivity index (χ1n) is 25.4. The summed E-state index contributed by atoms with van der Waals surface area (Å²) < 4.78 is 0. The number of hydrogen-bond acceptors (Lipinski definition) is 3. The minimum absolute atomic E-state index is 0.0374. The molecule has 8 aromatic carbocycles. The lowest BCUT2D eigenvalue weighted by atomic mass is 9.86. The molecule has 0 fully saturated rings. The minimum atomic E-state index is 0.0374. The van der Waals surface area contributed by atoms with E-state index in [1.54, 1.807) is 0 Å². The summed E-state index contributed by atoms with van der Waals surface area (Å²) in [5.41, 5.74) is 24.3. The van der Waals surface area contributed by atoms with Crippen molar-refractivity contribution in [1.82, 2.24) is 15.0 Å². The van der Waals surface area contributed by atoms with Gasteiger partial charge in [0.2, 0.25) is 0 Å². The van der Waals surface area contributed by atoms with Crippen LogP contribution in [-0.4, -0.2) is 15.0 Å². The van der Waals surface area contributed by atoms with E-state index in [2.05, 4.69) is 239 Å². The van der Waals surface area contributed by atoms with Crippen LogP contribution in [0.25, 0.3) is 111 Å². The number of nitrogens with zero attached hydrogens (tertiary/aromatic N) is 3. The Morgan fingerprint density at radius 1 is 0.347 bits per heavy atom. The van der Waals surface area contributed by atoms with E-state index < -0.39 is 0 Å². The Balaban J connectivity index is 0.969. The van der Waals surface area contributed by atoms with Crippen LogP contribution in [0, 0.1) is 0 Å². The van der Waals surface area contributed by atoms with Crippen molar-refractivity contribution in [3.05, 3.63) is 248 Å². The first-order chi connectivity index (χ1) is 35.3. The number of pyridine rings is 3. The van der Waals surface area contributed by atoms with Crippen LogP contribution in [0.5, 0.6) is 0 Å². The molecule has 0 bridgehead atoms. The van der Waals surface area contributed by atoms with Crippen LogP contribution in [0.15, 0.2) is 231 Å². The molecule has 72 heavy (non-hydrogen) atoms. The Hall–Kier alpha value is -8.53. The van der Waals surface area contributed by atoms with Gasteiger partial charge in [-0.05, 0) is 157 Å². The van der Waals surface area contributed by atoms with Crippen molar-refractivity contribution in [2.45, 2.75) is 51.9 Å². The van der Waals surface area contributed by atoms with Crippen LogP contribution in [0.1, 0.15) is 50.4 Å². The van der Waals surface area contributed by atoms with Crippen molar-refractivity contribution < 1.29 is 0 Å². The highest BCUT2D eigenvalue weighted by atomic mass is 14.7. The first-order valence-corrected chi connectivity index (χ1v) is 25.4. The summed E-state index contributed by atoms with van der Waals surface area (Å²) in [6.45, 7) is 6.74. The topological polar surface area (TPSA) is 38.7 Å². The molecule has 0 radical (unpaired) electrons. The molecular weight excluding hydrogens is 871 g/mol. The van der Waals surface area contributed by atoms with Crippen molar-refractivity contribution in [2.24, 2.45) is 0 Å². The molecule has 12 rings (SSSR count). The Bertz CT molecular complexity index is 3760. The van der Waals surface area contributed by atoms with Gasteiger partial charge in [0.25, 0.3) is 0 Å². The fourth-order valence-electron chi connectivity index (χ4n) is 10.7. The molecule has 346 valence electrons. The van der Waals surface area contributed by atoms with Crippen LogP contribution in [0.3, 0.4) is 0 Å². The number of hydrogen-bond donors (Lipinski definition) is 0. The van der Waals surface area contributed by atoms with E-state index >= 15 is 0 Å². The van der Waals surface area contributed by atoms with E-state index in [0.717, 1.165) is 79.8 Å². The van der Waals surface area contributed by atoms with Crippen molar-refractivity contribution >= 4 is 10.8 Å². The lowest BCUT2D eigenvalue weighted by molar-refractivity contribution is 0.589. The zero-order valence-corrected chi connectivity index (χ0v) is 41.1. The van der Waals surface area contributed by atoms with Crippen LogP contribution in [-0.2, 0) is 18.3 Å². The van der Waals surface area contributed by atoms with Crippen LogP contribution < -0.4 is 0 Å². The summed E-state index contributed by atoms with van der Waals surface area (Å²) in [6.07, 6.45) is 8.51. The highest BCUT2D eigenvalue weighted by Gasteiger charge is 2.19. The zero-order valence-electron chi connectivity index (χ0n) is 41.1. The number of rotatable bonds is 9. The quantitative estimate of drug-likeness (QED) is 0.145. The van der Waals surface area contributed by atoms with Crippen molar-refractivity contribution in [2.75, 3.05) is 0 Å². The molecule has 3 heterocycles. The normalized spacial score (nSPS) is 12.4. The number of aromatic nitrogens is 3. The average Bonchev–Trinajstić information content (AvgIpc) is 3.44. The summed E-state index contributed by atoms with van der Waals surface area (Å²) in [5, 5.41) is 2.34. The van der Waals surface area contributed by atoms with Gasteiger partial charge < -0.3 is 0 Å². The van der Waals surface area contributed by atoms with Crippen molar-refractivity contribution in [1.29, 1.82) is 0 Å². The predicted octanol–water partition coefficient (Wildman–Crippen LogP) is 18.2. The first kappa shape index (κ1) is 44.7. The standard InChI is InChI=1S/C69H55N3/c1-69(2,3)57-39-41-70-67(45-57)52-32-26-48(27-33-52)59-17-8-11-20-62(59)55-42-54(61-19-10-7-16-58(61)47-24-30-51(31-25-47)66-37-36-50-15-5-13-23-65(50)72-66)43-56(44-55)63-21-12-9-18-60(63)49-28-34-53(35-29-49)68-64-22-6-4-14-46(64)38-40-71-68/h4,6-12,14,16-22,24-45H,5,13,15,23H2,1-3H3. The maximum absolute atomic E-state index is 5.14.